The summed E-state index contributed by atoms with van der Waals surface area (Å²) in [6, 6.07) is 0. The Labute approximate surface area is 346 Å². The molecule has 3 heterocycles. The molecule has 3 aliphatic rings. The molecular formula is C46H74O12. The molecule has 3 unspecified atom stereocenters. The van der Waals surface area contributed by atoms with Crippen molar-refractivity contribution in [3.63, 3.8) is 0 Å². The molecule has 12 nitrogen and oxygen atoms in total. The van der Waals surface area contributed by atoms with Gasteiger partial charge in [-0.3, -0.25) is 14.4 Å². The Balaban J connectivity index is 2.05. The van der Waals surface area contributed by atoms with Crippen LogP contribution in [0.4, 0.5) is 0 Å². The predicted molar refractivity (Wildman–Crippen MR) is 220 cm³/mol. The van der Waals surface area contributed by atoms with E-state index in [2.05, 4.69) is 13.0 Å². The quantitative estimate of drug-likeness (QED) is 0.225. The highest BCUT2D eigenvalue weighted by atomic mass is 16.7. The third-order valence-electron chi connectivity index (χ3n) is 13.5. The Morgan fingerprint density at radius 1 is 0.828 bits per heavy atom. The zero-order valence-electron chi connectivity index (χ0n) is 36.7. The molecule has 5 N–H and O–H groups in total. The van der Waals surface area contributed by atoms with Gasteiger partial charge >= 0.3 is 5.97 Å². The van der Waals surface area contributed by atoms with Crippen LogP contribution in [0.15, 0.2) is 36.5 Å². The number of hydrogen-bond donors (Lipinski definition) is 5. The molecule has 3 rings (SSSR count). The molecule has 0 radical (unpaired) electrons. The van der Waals surface area contributed by atoms with Crippen LogP contribution in [-0.2, 0) is 33.4 Å². The predicted octanol–water partition coefficient (Wildman–Crippen LogP) is 5.45. The van der Waals surface area contributed by atoms with Gasteiger partial charge < -0.3 is 39.7 Å². The number of esters is 1. The number of ketones is 3. The average molecular weight is 819 g/mol. The van der Waals surface area contributed by atoms with Gasteiger partial charge in [0.2, 0.25) is 5.79 Å². The van der Waals surface area contributed by atoms with Crippen LogP contribution in [-0.4, -0.2) is 103 Å². The van der Waals surface area contributed by atoms with Crippen LogP contribution in [0.3, 0.4) is 0 Å². The molecule has 0 amide bonds. The van der Waals surface area contributed by atoms with E-state index in [-0.39, 0.29) is 30.0 Å². The Bertz CT molecular complexity index is 1480. The highest BCUT2D eigenvalue weighted by Gasteiger charge is 2.61. The fourth-order valence-corrected chi connectivity index (χ4v) is 9.21. The van der Waals surface area contributed by atoms with Gasteiger partial charge in [-0.25, -0.2) is 4.79 Å². The van der Waals surface area contributed by atoms with E-state index in [4.69, 9.17) is 14.2 Å². The van der Waals surface area contributed by atoms with Gasteiger partial charge in [-0.1, -0.05) is 92.7 Å². The Morgan fingerprint density at radius 2 is 1.47 bits per heavy atom. The van der Waals surface area contributed by atoms with Crippen molar-refractivity contribution in [2.24, 2.45) is 53.3 Å². The van der Waals surface area contributed by atoms with Crippen LogP contribution in [0, 0.1) is 53.3 Å². The van der Waals surface area contributed by atoms with Gasteiger partial charge in [0.1, 0.15) is 17.5 Å². The molecule has 0 aromatic carbocycles. The molecule has 58 heavy (non-hydrogen) atoms. The van der Waals surface area contributed by atoms with E-state index in [1.165, 1.54) is 39.8 Å². The standard InChI is InChI=1S/C46H74O12/c1-12-33-18-16-14-15-17-26(4)43(53)45(11,55)44(54)32(10)41(52)31(9)40(51)30(8)39(50)25(3)19-22-38(49)56-42-29(7)35(21-20-33)57-46(34(42)13-2)37(48)23-27(5)36(58-46)24-28(6)47/h14-16,18-19,22,25-36,39,41-43,47,50,52-53,55H,12-13,17,20-21,23-24H2,1-11H3/b15-14+,18-16-,22-19+/t25-,26+,27-,28+,29?,30-,31-,32-,33-,34-,35?,36-,39+,41+,42?,43-,45+,46-/m0/s1. The lowest BCUT2D eigenvalue weighted by atomic mass is 9.72. The smallest absolute Gasteiger partial charge is 0.330 e. The SMILES string of the molecule is CC[C@H]1/C=C\C=C\C[C@@H](C)[C@H](O)[C@@](C)(O)C(=O)[C@@H](C)[C@H](O)[C@@H](C)C(=O)[C@@H](C)[C@H](O)[C@@H](C)/C=C/C(=O)OC2C(C)C(CC1)O[C@]1(O[C@@H](C[C@@H](C)O)[C@@H](C)CC1=O)[C@H]2CC. The van der Waals surface area contributed by atoms with Crippen molar-refractivity contribution in [2.75, 3.05) is 0 Å². The summed E-state index contributed by atoms with van der Waals surface area (Å²) in [6.45, 7) is 18.5. The topological polar surface area (TPSA) is 197 Å². The van der Waals surface area contributed by atoms with E-state index in [0.29, 0.717) is 32.1 Å². The molecule has 12 heteroatoms. The lowest BCUT2D eigenvalue weighted by molar-refractivity contribution is -0.347. The minimum atomic E-state index is -2.21. The van der Waals surface area contributed by atoms with Gasteiger partial charge in [0.05, 0.1) is 42.5 Å². The largest absolute Gasteiger partial charge is 0.458 e. The van der Waals surface area contributed by atoms with Crippen molar-refractivity contribution in [3.8, 4) is 0 Å². The molecule has 3 aliphatic heterocycles. The van der Waals surface area contributed by atoms with Crippen molar-refractivity contribution in [3.05, 3.63) is 36.5 Å². The van der Waals surface area contributed by atoms with Gasteiger partial charge in [0.25, 0.3) is 0 Å². The monoisotopic (exact) mass is 819 g/mol. The van der Waals surface area contributed by atoms with E-state index in [9.17, 15) is 44.7 Å². The first-order chi connectivity index (χ1) is 27.0. The zero-order chi connectivity index (χ0) is 43.9. The van der Waals surface area contributed by atoms with Crippen molar-refractivity contribution < 1.29 is 58.9 Å². The second-order valence-corrected chi connectivity index (χ2v) is 18.1. The summed E-state index contributed by atoms with van der Waals surface area (Å²) < 4.78 is 19.7. The summed E-state index contributed by atoms with van der Waals surface area (Å²) in [7, 11) is 0. The lowest BCUT2D eigenvalue weighted by Gasteiger charge is -2.54. The number of rotatable bonds is 4. The molecular weight excluding hydrogens is 744 g/mol. The molecule has 0 aromatic rings. The van der Waals surface area contributed by atoms with E-state index in [1.807, 2.05) is 39.0 Å². The Kier molecular flexibility index (Phi) is 18.3. The van der Waals surface area contributed by atoms with Crippen LogP contribution in [0.2, 0.25) is 0 Å². The molecule has 2 saturated heterocycles. The molecule has 0 saturated carbocycles. The van der Waals surface area contributed by atoms with Gasteiger partial charge in [-0.15, -0.1) is 0 Å². The average Bonchev–Trinajstić information content (AvgIpc) is 3.18. The van der Waals surface area contributed by atoms with E-state index in [1.54, 1.807) is 20.8 Å². The fraction of sp³-hybridized carbons (Fsp3) is 0.783. The number of aliphatic hydroxyl groups excluding tert-OH is 4. The number of allylic oxidation sites excluding steroid dienone is 4. The molecule has 1 spiro atoms. The lowest BCUT2D eigenvalue weighted by Crippen LogP contribution is -2.67. The minimum Gasteiger partial charge on any atom is -0.458 e. The number of fused-ring (bicyclic) bond motifs is 2. The maximum absolute atomic E-state index is 14.1. The second kappa shape index (κ2) is 21.3. The number of carbonyl (C=O) groups is 4. The van der Waals surface area contributed by atoms with Crippen molar-refractivity contribution >= 4 is 23.3 Å². The normalized spacial score (nSPS) is 45.6. The number of aliphatic hydroxyl groups is 5. The summed E-state index contributed by atoms with van der Waals surface area (Å²) >= 11 is 0. The molecule has 2 fully saturated rings. The second-order valence-electron chi connectivity index (χ2n) is 18.1. The number of hydrogen-bond acceptors (Lipinski definition) is 12. The Morgan fingerprint density at radius 3 is 2.07 bits per heavy atom. The zero-order valence-corrected chi connectivity index (χ0v) is 36.7. The van der Waals surface area contributed by atoms with Crippen molar-refractivity contribution in [1.82, 2.24) is 0 Å². The summed E-state index contributed by atoms with van der Waals surface area (Å²) in [4.78, 5) is 54.8. The third-order valence-corrected chi connectivity index (χ3v) is 13.5. The summed E-state index contributed by atoms with van der Waals surface area (Å²) in [5, 5.41) is 55.1. The van der Waals surface area contributed by atoms with Crippen LogP contribution < -0.4 is 0 Å². The summed E-state index contributed by atoms with van der Waals surface area (Å²) in [5.74, 6) is -9.45. The number of Topliss-reactive ketones (excluding diaryl/α,β-unsaturated/α-hetero) is 3. The van der Waals surface area contributed by atoms with Gasteiger partial charge in [0, 0.05) is 42.1 Å². The molecule has 2 bridgehead atoms. The highest BCUT2D eigenvalue weighted by molar-refractivity contribution is 5.91. The van der Waals surface area contributed by atoms with Gasteiger partial charge in [0.15, 0.2) is 11.6 Å². The van der Waals surface area contributed by atoms with Crippen LogP contribution in [0.25, 0.3) is 0 Å². The van der Waals surface area contributed by atoms with E-state index < -0.39 is 107 Å². The number of ether oxygens (including phenoxy) is 3. The van der Waals surface area contributed by atoms with E-state index in [0.717, 1.165) is 6.42 Å². The first-order valence-corrected chi connectivity index (χ1v) is 21.7. The first kappa shape index (κ1) is 49.8. The Hall–Kier alpha value is -2.58. The highest BCUT2D eigenvalue weighted by Crippen LogP contribution is 2.48. The van der Waals surface area contributed by atoms with E-state index >= 15 is 0 Å². The van der Waals surface area contributed by atoms with Crippen LogP contribution >= 0.6 is 0 Å². The maximum Gasteiger partial charge on any atom is 0.330 e. The van der Waals surface area contributed by atoms with Crippen molar-refractivity contribution in [2.45, 2.75) is 175 Å². The molecule has 0 aromatic heterocycles. The third kappa shape index (κ3) is 11.4. The van der Waals surface area contributed by atoms with Gasteiger partial charge in [-0.2, -0.15) is 0 Å². The molecule has 330 valence electrons. The van der Waals surface area contributed by atoms with Crippen molar-refractivity contribution in [1.29, 1.82) is 0 Å². The fourth-order valence-electron chi connectivity index (χ4n) is 9.21. The maximum atomic E-state index is 14.1. The first-order valence-electron chi connectivity index (χ1n) is 21.7. The summed E-state index contributed by atoms with van der Waals surface area (Å²) in [5.41, 5.74) is -2.21. The molecule has 0 aliphatic carbocycles. The van der Waals surface area contributed by atoms with Crippen LogP contribution in [0.5, 0.6) is 0 Å². The number of carbonyl (C=O) groups excluding carboxylic acids is 4. The van der Waals surface area contributed by atoms with Crippen LogP contribution in [0.1, 0.15) is 121 Å². The molecule has 18 atom stereocenters. The summed E-state index contributed by atoms with van der Waals surface area (Å²) in [6.07, 6.45) is 7.01. The minimum absolute atomic E-state index is 0.132. The van der Waals surface area contributed by atoms with Gasteiger partial charge in [-0.05, 0) is 70.1 Å².